The zero-order chi connectivity index (χ0) is 13.8. The highest BCUT2D eigenvalue weighted by atomic mass is 32.2. The number of Topliss-reactive ketones (excluding diaryl/α,β-unsaturated/α-hetero) is 1. The van der Waals surface area contributed by atoms with E-state index in [-0.39, 0.29) is 29.5 Å². The van der Waals surface area contributed by atoms with Crippen molar-refractivity contribution in [3.05, 3.63) is 36.1 Å². The highest BCUT2D eigenvalue weighted by Crippen LogP contribution is 2.19. The Balaban J connectivity index is 2.03. The number of carboxylic acid groups (broad SMARTS) is 1. The van der Waals surface area contributed by atoms with Crippen LogP contribution in [0.1, 0.15) is 17.0 Å². The van der Waals surface area contributed by atoms with E-state index in [0.717, 1.165) is 5.39 Å². The van der Waals surface area contributed by atoms with Crippen molar-refractivity contribution in [2.24, 2.45) is 0 Å². The van der Waals surface area contributed by atoms with E-state index in [4.69, 9.17) is 9.52 Å². The fourth-order valence-corrected chi connectivity index (χ4v) is 2.59. The molecule has 1 aromatic carbocycles. The number of para-hydroxylation sites is 1. The van der Waals surface area contributed by atoms with Gasteiger partial charge in [0.15, 0.2) is 5.76 Å². The van der Waals surface area contributed by atoms with Gasteiger partial charge < -0.3 is 9.52 Å². The van der Waals surface area contributed by atoms with Crippen LogP contribution in [-0.2, 0) is 15.6 Å². The van der Waals surface area contributed by atoms with Crippen LogP contribution in [-0.4, -0.2) is 32.6 Å². The lowest BCUT2D eigenvalue weighted by molar-refractivity contribution is -0.136. The SMILES string of the molecule is O=C(O)CCS(=O)CC(=O)c1cc2ccccc2o1. The van der Waals surface area contributed by atoms with Crippen LogP contribution in [0.3, 0.4) is 0 Å². The molecule has 1 unspecified atom stereocenters. The molecule has 19 heavy (non-hydrogen) atoms. The molecular weight excluding hydrogens is 268 g/mol. The number of hydrogen-bond donors (Lipinski definition) is 1. The Morgan fingerprint density at radius 2 is 2.00 bits per heavy atom. The first-order valence-corrected chi connectivity index (χ1v) is 7.13. The van der Waals surface area contributed by atoms with Crippen molar-refractivity contribution in [2.75, 3.05) is 11.5 Å². The molecule has 100 valence electrons. The molecule has 1 heterocycles. The highest BCUT2D eigenvalue weighted by molar-refractivity contribution is 7.85. The quantitative estimate of drug-likeness (QED) is 0.816. The molecule has 0 amide bonds. The van der Waals surface area contributed by atoms with E-state index >= 15 is 0 Å². The maximum absolute atomic E-state index is 11.8. The molecule has 0 radical (unpaired) electrons. The minimum Gasteiger partial charge on any atom is -0.481 e. The fraction of sp³-hybridized carbons (Fsp3) is 0.231. The molecule has 2 aromatic rings. The monoisotopic (exact) mass is 280 g/mol. The molecule has 1 N–H and O–H groups in total. The zero-order valence-corrected chi connectivity index (χ0v) is 10.8. The van der Waals surface area contributed by atoms with Gasteiger partial charge in [-0.05, 0) is 12.1 Å². The minimum atomic E-state index is -1.48. The topological polar surface area (TPSA) is 84.6 Å². The predicted molar refractivity (Wildman–Crippen MR) is 70.7 cm³/mol. The van der Waals surface area contributed by atoms with Crippen LogP contribution in [0, 0.1) is 0 Å². The van der Waals surface area contributed by atoms with Crippen molar-refractivity contribution in [3.8, 4) is 0 Å². The largest absolute Gasteiger partial charge is 0.481 e. The Labute approximate surface area is 111 Å². The Bertz CT molecular complexity index is 610. The van der Waals surface area contributed by atoms with Crippen LogP contribution >= 0.6 is 0 Å². The zero-order valence-electron chi connectivity index (χ0n) is 10.00. The van der Waals surface area contributed by atoms with Gasteiger partial charge in [-0.15, -0.1) is 0 Å². The molecule has 2 rings (SSSR count). The highest BCUT2D eigenvalue weighted by Gasteiger charge is 2.15. The van der Waals surface area contributed by atoms with E-state index in [2.05, 4.69) is 0 Å². The van der Waals surface area contributed by atoms with Gasteiger partial charge in [-0.25, -0.2) is 0 Å². The van der Waals surface area contributed by atoms with Crippen LogP contribution in [0.4, 0.5) is 0 Å². The standard InChI is InChI=1S/C13H12O5S/c14-10(8-19(17)6-5-13(15)16)12-7-9-3-1-2-4-11(9)18-12/h1-4,7H,5-6,8H2,(H,15,16). The maximum Gasteiger partial charge on any atom is 0.304 e. The van der Waals surface area contributed by atoms with Crippen LogP contribution in [0.5, 0.6) is 0 Å². The third-order valence-electron chi connectivity index (χ3n) is 2.54. The number of hydrogen-bond acceptors (Lipinski definition) is 4. The molecule has 0 aliphatic heterocycles. The fourth-order valence-electron chi connectivity index (χ4n) is 1.61. The summed E-state index contributed by atoms with van der Waals surface area (Å²) in [4.78, 5) is 22.2. The lowest BCUT2D eigenvalue weighted by atomic mass is 10.2. The first-order valence-electron chi connectivity index (χ1n) is 5.65. The Kier molecular flexibility index (Phi) is 4.11. The number of furan rings is 1. The lowest BCUT2D eigenvalue weighted by Crippen LogP contribution is -2.14. The van der Waals surface area contributed by atoms with Crippen molar-refractivity contribution in [1.82, 2.24) is 0 Å². The Morgan fingerprint density at radius 3 is 2.68 bits per heavy atom. The average Bonchev–Trinajstić information content (AvgIpc) is 2.80. The molecule has 0 fully saturated rings. The van der Waals surface area contributed by atoms with Gasteiger partial charge in [-0.3, -0.25) is 13.8 Å². The van der Waals surface area contributed by atoms with E-state index in [9.17, 15) is 13.8 Å². The van der Waals surface area contributed by atoms with Gasteiger partial charge in [0.05, 0.1) is 12.2 Å². The van der Waals surface area contributed by atoms with Crippen molar-refractivity contribution < 1.29 is 23.3 Å². The Hall–Kier alpha value is -1.95. The lowest BCUT2D eigenvalue weighted by Gasteiger charge is -1.97. The summed E-state index contributed by atoms with van der Waals surface area (Å²) < 4.78 is 16.9. The summed E-state index contributed by atoms with van der Waals surface area (Å²) in [7, 11) is -1.48. The second-order valence-electron chi connectivity index (χ2n) is 4.00. The van der Waals surface area contributed by atoms with E-state index < -0.39 is 16.8 Å². The van der Waals surface area contributed by atoms with Gasteiger partial charge in [0.2, 0.25) is 5.78 Å². The summed E-state index contributed by atoms with van der Waals surface area (Å²) in [5, 5.41) is 9.28. The molecule has 1 aromatic heterocycles. The van der Waals surface area contributed by atoms with Crippen LogP contribution in [0.15, 0.2) is 34.7 Å². The minimum absolute atomic E-state index is 0.0265. The third kappa shape index (κ3) is 3.51. The number of carbonyl (C=O) groups excluding carboxylic acids is 1. The van der Waals surface area contributed by atoms with Gasteiger partial charge in [0, 0.05) is 21.9 Å². The summed E-state index contributed by atoms with van der Waals surface area (Å²) in [5.41, 5.74) is 0.599. The van der Waals surface area contributed by atoms with E-state index in [1.165, 1.54) is 0 Å². The molecular formula is C13H12O5S. The number of benzene rings is 1. The summed E-state index contributed by atoms with van der Waals surface area (Å²) in [6.07, 6.45) is -0.208. The van der Waals surface area contributed by atoms with Crippen LogP contribution < -0.4 is 0 Å². The van der Waals surface area contributed by atoms with Crippen molar-refractivity contribution in [3.63, 3.8) is 0 Å². The smallest absolute Gasteiger partial charge is 0.304 e. The van der Waals surface area contributed by atoms with Crippen LogP contribution in [0.2, 0.25) is 0 Å². The number of rotatable bonds is 6. The molecule has 0 aliphatic carbocycles. The summed E-state index contributed by atoms with van der Waals surface area (Å²) in [6, 6.07) is 8.79. The molecule has 1 atom stereocenters. The molecule has 0 aliphatic rings. The van der Waals surface area contributed by atoms with Crippen molar-refractivity contribution in [2.45, 2.75) is 6.42 Å². The van der Waals surface area contributed by atoms with Gasteiger partial charge >= 0.3 is 5.97 Å². The van der Waals surface area contributed by atoms with Gasteiger partial charge in [-0.1, -0.05) is 18.2 Å². The van der Waals surface area contributed by atoms with Gasteiger partial charge in [0.1, 0.15) is 5.58 Å². The number of carboxylic acids is 1. The second kappa shape index (κ2) is 5.79. The number of aliphatic carboxylic acids is 1. The third-order valence-corrected chi connectivity index (χ3v) is 3.78. The van der Waals surface area contributed by atoms with E-state index in [1.807, 2.05) is 12.1 Å². The summed E-state index contributed by atoms with van der Waals surface area (Å²) in [5.74, 6) is -1.48. The Morgan fingerprint density at radius 1 is 1.26 bits per heavy atom. The molecule has 6 heteroatoms. The number of fused-ring (bicyclic) bond motifs is 1. The maximum atomic E-state index is 11.8. The number of ketones is 1. The molecule has 5 nitrogen and oxygen atoms in total. The van der Waals surface area contributed by atoms with E-state index in [1.54, 1.807) is 18.2 Å². The average molecular weight is 280 g/mol. The first-order chi connectivity index (χ1) is 9.06. The first kappa shape index (κ1) is 13.5. The normalized spacial score (nSPS) is 12.4. The van der Waals surface area contributed by atoms with Crippen LogP contribution in [0.25, 0.3) is 11.0 Å². The predicted octanol–water partition coefficient (Wildman–Crippen LogP) is 1.84. The summed E-state index contributed by atoms with van der Waals surface area (Å²) in [6.45, 7) is 0. The van der Waals surface area contributed by atoms with Crippen molar-refractivity contribution in [1.29, 1.82) is 0 Å². The van der Waals surface area contributed by atoms with Gasteiger partial charge in [-0.2, -0.15) is 0 Å². The van der Waals surface area contributed by atoms with Crippen molar-refractivity contribution >= 4 is 33.5 Å². The summed E-state index contributed by atoms with van der Waals surface area (Å²) >= 11 is 0. The van der Waals surface area contributed by atoms with Gasteiger partial charge in [0.25, 0.3) is 0 Å². The number of carbonyl (C=O) groups is 2. The molecule has 0 saturated carbocycles. The molecule has 0 spiro atoms. The van der Waals surface area contributed by atoms with E-state index in [0.29, 0.717) is 5.58 Å². The second-order valence-corrected chi connectivity index (χ2v) is 5.58. The molecule has 0 saturated heterocycles. The molecule has 0 bridgehead atoms.